The first-order valence-electron chi connectivity index (χ1n) is 8.62. The Morgan fingerprint density at radius 2 is 1.89 bits per heavy atom. The third kappa shape index (κ3) is 4.45. The van der Waals surface area contributed by atoms with Gasteiger partial charge < -0.3 is 15.7 Å². The number of nitrogens with one attached hydrogen (secondary N) is 2. The summed E-state index contributed by atoms with van der Waals surface area (Å²) >= 11 is 0. The Hall–Kier alpha value is -2.45. The van der Waals surface area contributed by atoms with Crippen molar-refractivity contribution in [1.29, 1.82) is 0 Å². The van der Waals surface area contributed by atoms with E-state index in [1.807, 2.05) is 17.4 Å². The van der Waals surface area contributed by atoms with Crippen LogP contribution in [0.2, 0.25) is 0 Å². The molecule has 3 rings (SSSR count). The van der Waals surface area contributed by atoms with Gasteiger partial charge in [-0.3, -0.25) is 9.78 Å². The molecule has 0 radical (unpaired) electrons. The first-order chi connectivity index (χ1) is 13.0. The van der Waals surface area contributed by atoms with E-state index < -0.39 is 31.2 Å². The van der Waals surface area contributed by atoms with Crippen molar-refractivity contribution < 1.29 is 23.1 Å². The molecular formula is C19H20F3N3O2. The molecule has 5 nitrogen and oxygen atoms in total. The van der Waals surface area contributed by atoms with E-state index in [9.17, 15) is 23.1 Å². The van der Waals surface area contributed by atoms with E-state index in [0.29, 0.717) is 11.6 Å². The minimum atomic E-state index is -3.26. The Morgan fingerprint density at radius 1 is 1.22 bits per heavy atom. The molecule has 1 amide bonds. The third-order valence-corrected chi connectivity index (χ3v) is 4.63. The number of aromatic nitrogens is 1. The molecule has 2 aromatic rings. The number of aliphatic hydroxyl groups excluding tert-OH is 1. The van der Waals surface area contributed by atoms with Crippen molar-refractivity contribution in [2.45, 2.75) is 31.0 Å². The second-order valence-electron chi connectivity index (χ2n) is 6.40. The van der Waals surface area contributed by atoms with Gasteiger partial charge >= 0.3 is 6.43 Å². The lowest BCUT2D eigenvalue weighted by molar-refractivity contribution is -0.133. The van der Waals surface area contributed by atoms with Gasteiger partial charge in [-0.1, -0.05) is 30.3 Å². The Morgan fingerprint density at radius 3 is 2.37 bits per heavy atom. The maximum Gasteiger partial charge on any atom is 0.315 e. The number of hydrogen-bond acceptors (Lipinski definition) is 4. The van der Waals surface area contributed by atoms with Crippen LogP contribution in [0.1, 0.15) is 29.8 Å². The van der Waals surface area contributed by atoms with Gasteiger partial charge in [0.15, 0.2) is 0 Å². The molecule has 1 saturated heterocycles. The zero-order valence-corrected chi connectivity index (χ0v) is 14.4. The summed E-state index contributed by atoms with van der Waals surface area (Å²) in [6.07, 6.45) is -1.87. The predicted octanol–water partition coefficient (Wildman–Crippen LogP) is 2.54. The lowest BCUT2D eigenvalue weighted by atomic mass is 9.98. The van der Waals surface area contributed by atoms with Gasteiger partial charge in [0.25, 0.3) is 5.91 Å². The molecule has 0 spiro atoms. The Bertz CT molecular complexity index is 765. The smallest absolute Gasteiger partial charge is 0.315 e. The summed E-state index contributed by atoms with van der Waals surface area (Å²) in [5.41, 5.74) is 3.03. The molecule has 2 heterocycles. The van der Waals surface area contributed by atoms with Gasteiger partial charge in [-0.25, -0.2) is 4.39 Å². The summed E-state index contributed by atoms with van der Waals surface area (Å²) in [5, 5.41) is 15.3. The van der Waals surface area contributed by atoms with Crippen LogP contribution in [-0.4, -0.2) is 41.7 Å². The van der Waals surface area contributed by atoms with E-state index in [-0.39, 0.29) is 0 Å². The summed E-state index contributed by atoms with van der Waals surface area (Å²) in [4.78, 5) is 15.5. The van der Waals surface area contributed by atoms with E-state index >= 15 is 0 Å². The van der Waals surface area contributed by atoms with Crippen molar-refractivity contribution in [1.82, 2.24) is 15.6 Å². The van der Waals surface area contributed by atoms with Crippen LogP contribution in [0.15, 0.2) is 42.6 Å². The van der Waals surface area contributed by atoms with E-state index in [4.69, 9.17) is 0 Å². The molecule has 1 aliphatic rings. The number of benzene rings is 1. The number of carbonyl (C=O) groups is 1. The highest BCUT2D eigenvalue weighted by molar-refractivity contribution is 5.79. The summed E-state index contributed by atoms with van der Waals surface area (Å²) < 4.78 is 37.7. The van der Waals surface area contributed by atoms with E-state index in [2.05, 4.69) is 10.3 Å². The fourth-order valence-electron chi connectivity index (χ4n) is 2.88. The monoisotopic (exact) mass is 379 g/mol. The van der Waals surface area contributed by atoms with Crippen molar-refractivity contribution in [3.05, 3.63) is 53.9 Å². The zero-order chi connectivity index (χ0) is 19.4. The normalized spacial score (nSPS) is 18.6. The van der Waals surface area contributed by atoms with Crippen molar-refractivity contribution in [2.24, 2.45) is 0 Å². The highest BCUT2D eigenvalue weighted by Crippen LogP contribution is 2.26. The van der Waals surface area contributed by atoms with Crippen LogP contribution in [0.3, 0.4) is 0 Å². The quantitative estimate of drug-likeness (QED) is 0.691. The van der Waals surface area contributed by atoms with Crippen LogP contribution in [0.5, 0.6) is 0 Å². The summed E-state index contributed by atoms with van der Waals surface area (Å²) in [6, 6.07) is 9.35. The van der Waals surface area contributed by atoms with Gasteiger partial charge in [0, 0.05) is 11.8 Å². The minimum Gasteiger partial charge on any atom is -0.386 e. The number of halogens is 3. The molecule has 2 unspecified atom stereocenters. The standard InChI is InChI=1S/C19H20F3N3O2/c20-9-16(25-19(27)18(21)22)17(26)12-3-1-11(2-4-12)13-5-6-14(24-10-13)15-7-8-23-15/h1-6,10,15-18,23,26H,7-9H2,(H,25,27)/t15?,16?,17-/m1/s1. The molecule has 1 aromatic heterocycles. The van der Waals surface area contributed by atoms with Gasteiger partial charge in [-0.05, 0) is 30.2 Å². The van der Waals surface area contributed by atoms with Crippen LogP contribution >= 0.6 is 0 Å². The molecule has 3 atom stereocenters. The Kier molecular flexibility index (Phi) is 6.08. The van der Waals surface area contributed by atoms with Crippen LogP contribution in [-0.2, 0) is 4.79 Å². The predicted molar refractivity (Wildman–Crippen MR) is 93.9 cm³/mol. The van der Waals surface area contributed by atoms with Gasteiger partial charge in [0.05, 0.1) is 17.8 Å². The van der Waals surface area contributed by atoms with Gasteiger partial charge in [0.1, 0.15) is 12.8 Å². The second-order valence-corrected chi connectivity index (χ2v) is 6.40. The fourth-order valence-corrected chi connectivity index (χ4v) is 2.88. The Balaban J connectivity index is 1.69. The molecule has 1 aromatic carbocycles. The molecule has 144 valence electrons. The first kappa shape index (κ1) is 19.3. The van der Waals surface area contributed by atoms with E-state index in [1.54, 1.807) is 30.5 Å². The van der Waals surface area contributed by atoms with Gasteiger partial charge in [-0.15, -0.1) is 0 Å². The fraction of sp³-hybridized carbons (Fsp3) is 0.368. The molecule has 27 heavy (non-hydrogen) atoms. The molecule has 0 aliphatic carbocycles. The molecule has 1 fully saturated rings. The minimum absolute atomic E-state index is 0.303. The highest BCUT2D eigenvalue weighted by atomic mass is 19.3. The third-order valence-electron chi connectivity index (χ3n) is 4.63. The number of alkyl halides is 3. The van der Waals surface area contributed by atoms with Crippen molar-refractivity contribution in [3.63, 3.8) is 0 Å². The largest absolute Gasteiger partial charge is 0.386 e. The van der Waals surface area contributed by atoms with Crippen LogP contribution in [0.4, 0.5) is 13.2 Å². The topological polar surface area (TPSA) is 74.2 Å². The molecule has 0 bridgehead atoms. The van der Waals surface area contributed by atoms with Crippen LogP contribution in [0, 0.1) is 0 Å². The maximum absolute atomic E-state index is 13.1. The van der Waals surface area contributed by atoms with Crippen molar-refractivity contribution in [3.8, 4) is 11.1 Å². The lowest BCUT2D eigenvalue weighted by Crippen LogP contribution is -2.43. The van der Waals surface area contributed by atoms with Gasteiger partial charge in [-0.2, -0.15) is 8.78 Å². The van der Waals surface area contributed by atoms with Crippen LogP contribution in [0.25, 0.3) is 11.1 Å². The maximum atomic E-state index is 13.1. The number of aliphatic hydroxyl groups is 1. The number of rotatable bonds is 7. The summed E-state index contributed by atoms with van der Waals surface area (Å²) in [6.45, 7) is -0.169. The average Bonchev–Trinajstić information content (AvgIpc) is 2.64. The molecular weight excluding hydrogens is 359 g/mol. The highest BCUT2D eigenvalue weighted by Gasteiger charge is 2.26. The Labute approximate surface area is 154 Å². The number of hydrogen-bond donors (Lipinski definition) is 3. The lowest BCUT2D eigenvalue weighted by Gasteiger charge is -2.27. The molecule has 0 saturated carbocycles. The number of nitrogens with zero attached hydrogens (tertiary/aromatic N) is 1. The first-order valence-corrected chi connectivity index (χ1v) is 8.62. The average molecular weight is 379 g/mol. The molecule has 8 heteroatoms. The van der Waals surface area contributed by atoms with Crippen molar-refractivity contribution >= 4 is 5.91 Å². The van der Waals surface area contributed by atoms with Gasteiger partial charge in [0.2, 0.25) is 0 Å². The summed E-state index contributed by atoms with van der Waals surface area (Å²) in [5.74, 6) is -1.61. The molecule has 1 aliphatic heterocycles. The van der Waals surface area contributed by atoms with E-state index in [1.165, 1.54) is 0 Å². The SMILES string of the molecule is O=C(NC(CF)[C@H](O)c1ccc(-c2ccc(C3CCN3)nc2)cc1)C(F)F. The van der Waals surface area contributed by atoms with Crippen molar-refractivity contribution in [2.75, 3.05) is 13.2 Å². The molecule has 3 N–H and O–H groups in total. The number of amides is 1. The zero-order valence-electron chi connectivity index (χ0n) is 14.4. The van der Waals surface area contributed by atoms with E-state index in [0.717, 1.165) is 29.8 Å². The van der Waals surface area contributed by atoms with Crippen LogP contribution < -0.4 is 10.6 Å². The second kappa shape index (κ2) is 8.49. The number of carbonyl (C=O) groups excluding carboxylic acids is 1. The number of pyridine rings is 1. The summed E-state index contributed by atoms with van der Waals surface area (Å²) in [7, 11) is 0.